The molecule has 0 heterocycles. The molecule has 0 aliphatic heterocycles. The first-order chi connectivity index (χ1) is 7.47. The van der Waals surface area contributed by atoms with Crippen LogP contribution in [0.2, 0.25) is 0 Å². The molecule has 1 saturated carbocycles. The molecule has 3 nitrogen and oxygen atoms in total. The van der Waals surface area contributed by atoms with Gasteiger partial charge in [-0.15, -0.1) is 0 Å². The molecule has 1 aliphatic carbocycles. The number of ether oxygens (including phenoxy) is 2. The fraction of sp³-hybridized carbons (Fsp3) is 1.00. The number of rotatable bonds is 5. The van der Waals surface area contributed by atoms with Crippen molar-refractivity contribution in [2.24, 2.45) is 5.73 Å². The second-order valence-electron chi connectivity index (χ2n) is 5.76. The zero-order valence-corrected chi connectivity index (χ0v) is 11.1. The lowest BCUT2D eigenvalue weighted by atomic mass is 9.85. The molecule has 1 fully saturated rings. The quantitative estimate of drug-likeness (QED) is 0.737. The van der Waals surface area contributed by atoms with E-state index in [0.29, 0.717) is 19.8 Å². The third-order valence-electron chi connectivity index (χ3n) is 3.16. The highest BCUT2D eigenvalue weighted by Gasteiger charge is 2.31. The van der Waals surface area contributed by atoms with Crippen molar-refractivity contribution in [3.63, 3.8) is 0 Å². The summed E-state index contributed by atoms with van der Waals surface area (Å²) in [6, 6.07) is 0. The Bertz CT molecular complexity index is 193. The third kappa shape index (κ3) is 4.81. The van der Waals surface area contributed by atoms with Gasteiger partial charge in [-0.3, -0.25) is 0 Å². The van der Waals surface area contributed by atoms with Gasteiger partial charge in [0.25, 0.3) is 0 Å². The molecule has 0 aromatic heterocycles. The third-order valence-corrected chi connectivity index (χ3v) is 3.16. The maximum absolute atomic E-state index is 5.97. The van der Waals surface area contributed by atoms with Gasteiger partial charge < -0.3 is 15.2 Å². The molecule has 96 valence electrons. The smallest absolute Gasteiger partial charge is 0.0805 e. The van der Waals surface area contributed by atoms with E-state index in [0.717, 1.165) is 12.8 Å². The second-order valence-corrected chi connectivity index (χ2v) is 5.76. The first-order valence-electron chi connectivity index (χ1n) is 6.45. The predicted molar refractivity (Wildman–Crippen MR) is 66.5 cm³/mol. The summed E-state index contributed by atoms with van der Waals surface area (Å²) in [6.07, 6.45) is 6.04. The largest absolute Gasteiger partial charge is 0.373 e. The van der Waals surface area contributed by atoms with Crippen molar-refractivity contribution < 1.29 is 9.47 Å². The van der Waals surface area contributed by atoms with Crippen LogP contribution >= 0.6 is 0 Å². The Morgan fingerprint density at radius 3 is 2.19 bits per heavy atom. The molecule has 0 unspecified atom stereocenters. The van der Waals surface area contributed by atoms with E-state index in [2.05, 4.69) is 20.8 Å². The van der Waals surface area contributed by atoms with Crippen LogP contribution in [0.5, 0.6) is 0 Å². The fourth-order valence-corrected chi connectivity index (χ4v) is 2.21. The Kier molecular flexibility index (Phi) is 5.22. The van der Waals surface area contributed by atoms with Gasteiger partial charge in [0, 0.05) is 6.54 Å². The summed E-state index contributed by atoms with van der Waals surface area (Å²) in [7, 11) is 0. The predicted octanol–water partition coefficient (Wildman–Crippen LogP) is 2.48. The molecule has 0 aromatic carbocycles. The Morgan fingerprint density at radius 2 is 1.69 bits per heavy atom. The maximum atomic E-state index is 5.97. The summed E-state index contributed by atoms with van der Waals surface area (Å²) in [5, 5.41) is 0. The van der Waals surface area contributed by atoms with Crippen LogP contribution in [0.25, 0.3) is 0 Å². The average Bonchev–Trinajstić information content (AvgIpc) is 2.25. The number of nitrogens with two attached hydrogens (primary N) is 1. The molecule has 0 aromatic rings. The molecule has 0 radical (unpaired) electrons. The van der Waals surface area contributed by atoms with E-state index in [1.165, 1.54) is 19.3 Å². The minimum absolute atomic E-state index is 0.0561. The van der Waals surface area contributed by atoms with Gasteiger partial charge in [0.1, 0.15) is 0 Å². The van der Waals surface area contributed by atoms with Gasteiger partial charge in [0.2, 0.25) is 0 Å². The summed E-state index contributed by atoms with van der Waals surface area (Å²) in [5.74, 6) is 0. The topological polar surface area (TPSA) is 44.5 Å². The van der Waals surface area contributed by atoms with Crippen molar-refractivity contribution in [3.05, 3.63) is 0 Å². The molecule has 0 amide bonds. The molecule has 1 rings (SSSR count). The lowest BCUT2D eigenvalue weighted by molar-refractivity contribution is -0.102. The van der Waals surface area contributed by atoms with Crippen LogP contribution in [-0.2, 0) is 9.47 Å². The van der Waals surface area contributed by atoms with Crippen LogP contribution in [-0.4, -0.2) is 31.0 Å². The van der Waals surface area contributed by atoms with E-state index in [1.807, 2.05) is 0 Å². The first-order valence-corrected chi connectivity index (χ1v) is 6.45. The Balaban J connectivity index is 2.23. The van der Waals surface area contributed by atoms with Crippen LogP contribution in [0.4, 0.5) is 0 Å². The van der Waals surface area contributed by atoms with Gasteiger partial charge in [0.15, 0.2) is 0 Å². The monoisotopic (exact) mass is 229 g/mol. The summed E-state index contributed by atoms with van der Waals surface area (Å²) in [5.41, 5.74) is 5.71. The van der Waals surface area contributed by atoms with Crippen molar-refractivity contribution in [2.75, 3.05) is 19.8 Å². The zero-order chi connectivity index (χ0) is 12.1. The Hall–Kier alpha value is -0.120. The van der Waals surface area contributed by atoms with Gasteiger partial charge in [-0.25, -0.2) is 0 Å². The van der Waals surface area contributed by atoms with Crippen molar-refractivity contribution in [1.29, 1.82) is 0 Å². The second kappa shape index (κ2) is 5.99. The highest BCUT2D eigenvalue weighted by atomic mass is 16.5. The van der Waals surface area contributed by atoms with E-state index in [9.17, 15) is 0 Å². The van der Waals surface area contributed by atoms with E-state index in [-0.39, 0.29) is 11.2 Å². The molecular weight excluding hydrogens is 202 g/mol. The van der Waals surface area contributed by atoms with Crippen molar-refractivity contribution in [2.45, 2.75) is 64.1 Å². The van der Waals surface area contributed by atoms with E-state index in [4.69, 9.17) is 15.2 Å². The van der Waals surface area contributed by atoms with Gasteiger partial charge in [-0.2, -0.15) is 0 Å². The zero-order valence-electron chi connectivity index (χ0n) is 11.1. The SMILES string of the molecule is CC(C)(C)OCCOC1(CN)CCCCC1. The number of hydrogen-bond donors (Lipinski definition) is 1. The van der Waals surface area contributed by atoms with E-state index in [1.54, 1.807) is 0 Å². The molecule has 0 spiro atoms. The molecule has 3 heteroatoms. The van der Waals surface area contributed by atoms with Crippen LogP contribution < -0.4 is 5.73 Å². The molecule has 0 saturated heterocycles. The van der Waals surface area contributed by atoms with Crippen LogP contribution in [0.3, 0.4) is 0 Å². The molecule has 0 bridgehead atoms. The molecule has 16 heavy (non-hydrogen) atoms. The van der Waals surface area contributed by atoms with Gasteiger partial charge in [-0.1, -0.05) is 19.3 Å². The normalized spacial score (nSPS) is 21.0. The van der Waals surface area contributed by atoms with Gasteiger partial charge in [-0.05, 0) is 33.6 Å². The van der Waals surface area contributed by atoms with Crippen molar-refractivity contribution in [3.8, 4) is 0 Å². The Labute approximate surface area is 99.7 Å². The minimum Gasteiger partial charge on any atom is -0.373 e. The summed E-state index contributed by atoms with van der Waals surface area (Å²) in [4.78, 5) is 0. The van der Waals surface area contributed by atoms with Gasteiger partial charge >= 0.3 is 0 Å². The van der Waals surface area contributed by atoms with Crippen molar-refractivity contribution >= 4 is 0 Å². The highest BCUT2D eigenvalue weighted by molar-refractivity contribution is 4.85. The lowest BCUT2D eigenvalue weighted by Gasteiger charge is -2.36. The van der Waals surface area contributed by atoms with Crippen LogP contribution in [0.15, 0.2) is 0 Å². The maximum Gasteiger partial charge on any atom is 0.0805 e. The molecule has 2 N–H and O–H groups in total. The summed E-state index contributed by atoms with van der Waals surface area (Å²) < 4.78 is 11.6. The number of hydrogen-bond acceptors (Lipinski definition) is 3. The van der Waals surface area contributed by atoms with E-state index >= 15 is 0 Å². The Morgan fingerprint density at radius 1 is 1.06 bits per heavy atom. The van der Waals surface area contributed by atoms with Crippen LogP contribution in [0, 0.1) is 0 Å². The first kappa shape index (κ1) is 13.9. The minimum atomic E-state index is -0.0776. The van der Waals surface area contributed by atoms with Gasteiger partial charge in [0.05, 0.1) is 24.4 Å². The van der Waals surface area contributed by atoms with E-state index < -0.39 is 0 Å². The molecule has 0 atom stereocenters. The molecule has 1 aliphatic rings. The van der Waals surface area contributed by atoms with Crippen LogP contribution in [0.1, 0.15) is 52.9 Å². The fourth-order valence-electron chi connectivity index (χ4n) is 2.21. The lowest BCUT2D eigenvalue weighted by Crippen LogP contribution is -2.43. The van der Waals surface area contributed by atoms with Crippen molar-refractivity contribution in [1.82, 2.24) is 0 Å². The highest BCUT2D eigenvalue weighted by Crippen LogP contribution is 2.30. The average molecular weight is 229 g/mol. The molecular formula is C13H27NO2. The summed E-state index contributed by atoms with van der Waals surface area (Å²) >= 11 is 0. The summed E-state index contributed by atoms with van der Waals surface area (Å²) in [6.45, 7) is 8.15. The standard InChI is InChI=1S/C13H27NO2/c1-12(2,3)15-9-10-16-13(11-14)7-5-4-6-8-13/h4-11,14H2,1-3H3.